The molecule has 1 N–H and O–H groups in total. The molecular formula is C18H18FN3O4. The van der Waals surface area contributed by atoms with Crippen molar-refractivity contribution in [1.29, 1.82) is 0 Å². The second-order valence-corrected chi connectivity index (χ2v) is 6.77. The van der Waals surface area contributed by atoms with Crippen molar-refractivity contribution in [3.8, 4) is 5.69 Å². The van der Waals surface area contributed by atoms with Crippen LogP contribution in [0, 0.1) is 17.2 Å². The first-order chi connectivity index (χ1) is 12.5. The summed E-state index contributed by atoms with van der Waals surface area (Å²) in [7, 11) is 0. The number of para-hydroxylation sites is 1. The molecule has 2 atom stereocenters. The molecule has 1 aromatic carbocycles. The molecule has 0 saturated carbocycles. The van der Waals surface area contributed by atoms with Crippen molar-refractivity contribution in [2.45, 2.75) is 6.42 Å². The maximum Gasteiger partial charge on any atom is 0.311 e. The zero-order chi connectivity index (χ0) is 18.3. The summed E-state index contributed by atoms with van der Waals surface area (Å²) < 4.78 is 20.6. The fraction of sp³-hybridized carbons (Fsp3) is 0.389. The van der Waals surface area contributed by atoms with Gasteiger partial charge in [0.05, 0.1) is 12.0 Å². The number of carboxylic acids is 1. The average molecular weight is 359 g/mol. The smallest absolute Gasteiger partial charge is 0.311 e. The monoisotopic (exact) mass is 359 g/mol. The summed E-state index contributed by atoms with van der Waals surface area (Å²) in [5.41, 5.74) is -0.549. The average Bonchev–Trinajstić information content (AvgIpc) is 3.27. The van der Waals surface area contributed by atoms with Crippen LogP contribution in [-0.2, 0) is 9.53 Å². The van der Waals surface area contributed by atoms with Crippen LogP contribution in [0.3, 0.4) is 0 Å². The van der Waals surface area contributed by atoms with Crippen molar-refractivity contribution >= 4 is 11.9 Å². The van der Waals surface area contributed by atoms with E-state index >= 15 is 0 Å². The van der Waals surface area contributed by atoms with E-state index in [2.05, 4.69) is 5.10 Å². The van der Waals surface area contributed by atoms with Crippen LogP contribution in [0.1, 0.15) is 16.9 Å². The molecule has 26 heavy (non-hydrogen) atoms. The lowest BCUT2D eigenvalue weighted by Crippen LogP contribution is -2.45. The Hall–Kier alpha value is -2.74. The van der Waals surface area contributed by atoms with Crippen LogP contribution in [0.4, 0.5) is 4.39 Å². The third kappa shape index (κ3) is 2.57. The number of fused-ring (bicyclic) bond motifs is 1. The minimum atomic E-state index is -0.956. The number of rotatable bonds is 3. The highest BCUT2D eigenvalue weighted by atomic mass is 19.1. The summed E-state index contributed by atoms with van der Waals surface area (Å²) in [4.78, 5) is 26.2. The van der Waals surface area contributed by atoms with E-state index in [9.17, 15) is 19.1 Å². The first kappa shape index (κ1) is 16.7. The van der Waals surface area contributed by atoms with Gasteiger partial charge in [0.25, 0.3) is 5.91 Å². The van der Waals surface area contributed by atoms with Gasteiger partial charge in [0.15, 0.2) is 5.69 Å². The number of carbonyl (C=O) groups excluding carboxylic acids is 1. The number of likely N-dealkylation sites (tertiary alicyclic amines) is 1. The summed E-state index contributed by atoms with van der Waals surface area (Å²) in [6.45, 7) is 1.17. The van der Waals surface area contributed by atoms with E-state index in [4.69, 9.17) is 4.74 Å². The lowest BCUT2D eigenvalue weighted by atomic mass is 9.74. The van der Waals surface area contributed by atoms with Gasteiger partial charge in [-0.15, -0.1) is 0 Å². The Kier molecular flexibility index (Phi) is 3.99. The molecule has 3 heterocycles. The quantitative estimate of drug-likeness (QED) is 0.899. The van der Waals surface area contributed by atoms with Gasteiger partial charge in [-0.2, -0.15) is 5.10 Å². The van der Waals surface area contributed by atoms with Crippen molar-refractivity contribution < 1.29 is 23.8 Å². The summed E-state index contributed by atoms with van der Waals surface area (Å²) in [6.07, 6.45) is 1.91. The van der Waals surface area contributed by atoms with Gasteiger partial charge in [-0.25, -0.2) is 9.07 Å². The molecule has 0 unspecified atom stereocenters. The van der Waals surface area contributed by atoms with Crippen LogP contribution in [0.2, 0.25) is 0 Å². The highest BCUT2D eigenvalue weighted by molar-refractivity contribution is 5.93. The van der Waals surface area contributed by atoms with E-state index in [-0.39, 0.29) is 29.8 Å². The first-order valence-corrected chi connectivity index (χ1v) is 8.42. The topological polar surface area (TPSA) is 84.7 Å². The van der Waals surface area contributed by atoms with Crippen molar-refractivity contribution in [3.63, 3.8) is 0 Å². The lowest BCUT2D eigenvalue weighted by molar-refractivity contribution is -0.157. The number of ether oxygens (including phenoxy) is 1. The number of halogens is 1. The number of carbonyl (C=O) groups is 2. The van der Waals surface area contributed by atoms with E-state index < -0.39 is 17.2 Å². The predicted molar refractivity (Wildman–Crippen MR) is 88.4 cm³/mol. The Morgan fingerprint density at radius 2 is 2.12 bits per heavy atom. The van der Waals surface area contributed by atoms with Crippen molar-refractivity contribution in [2.75, 3.05) is 26.3 Å². The zero-order valence-corrected chi connectivity index (χ0v) is 14.0. The van der Waals surface area contributed by atoms with E-state index in [0.29, 0.717) is 26.2 Å². The van der Waals surface area contributed by atoms with Crippen LogP contribution in [0.15, 0.2) is 36.5 Å². The molecule has 8 heteroatoms. The Balaban J connectivity index is 1.58. The summed E-state index contributed by atoms with van der Waals surface area (Å²) in [5.74, 6) is -1.91. The fourth-order valence-corrected chi connectivity index (χ4v) is 3.83. The number of benzene rings is 1. The number of carboxylic acid groups (broad SMARTS) is 1. The number of aromatic nitrogens is 2. The molecule has 0 bridgehead atoms. The summed E-state index contributed by atoms with van der Waals surface area (Å²) in [5, 5.41) is 13.9. The molecule has 0 aliphatic carbocycles. The minimum Gasteiger partial charge on any atom is -0.481 e. The number of hydrogen-bond donors (Lipinski definition) is 1. The van der Waals surface area contributed by atoms with Gasteiger partial charge in [-0.05, 0) is 24.6 Å². The molecule has 2 aliphatic heterocycles. The Morgan fingerprint density at radius 1 is 1.31 bits per heavy atom. The van der Waals surface area contributed by atoms with Crippen LogP contribution in [-0.4, -0.2) is 58.0 Å². The normalized spacial score (nSPS) is 25.1. The van der Waals surface area contributed by atoms with Crippen LogP contribution in [0.5, 0.6) is 0 Å². The van der Waals surface area contributed by atoms with Crippen LogP contribution < -0.4 is 0 Å². The molecule has 2 aromatic rings. The molecular weight excluding hydrogens is 341 g/mol. The van der Waals surface area contributed by atoms with Crippen molar-refractivity contribution in [2.24, 2.45) is 11.3 Å². The molecule has 7 nitrogen and oxygen atoms in total. The fourth-order valence-electron chi connectivity index (χ4n) is 3.83. The van der Waals surface area contributed by atoms with Crippen molar-refractivity contribution in [1.82, 2.24) is 14.7 Å². The van der Waals surface area contributed by atoms with Gasteiger partial charge in [0.1, 0.15) is 11.5 Å². The summed E-state index contributed by atoms with van der Waals surface area (Å²) >= 11 is 0. The van der Waals surface area contributed by atoms with Gasteiger partial charge in [0.2, 0.25) is 0 Å². The number of amides is 1. The largest absolute Gasteiger partial charge is 0.481 e. The molecule has 136 valence electrons. The third-order valence-electron chi connectivity index (χ3n) is 5.33. The maximum absolute atomic E-state index is 13.9. The van der Waals surface area contributed by atoms with E-state index in [1.165, 1.54) is 27.9 Å². The zero-order valence-electron chi connectivity index (χ0n) is 14.0. The Bertz CT molecular complexity index is 868. The highest BCUT2D eigenvalue weighted by Gasteiger charge is 2.55. The molecule has 1 aromatic heterocycles. The number of hydrogen-bond acceptors (Lipinski definition) is 4. The summed E-state index contributed by atoms with van der Waals surface area (Å²) in [6, 6.07) is 7.66. The SMILES string of the molecule is O=C(c1ccn(-c2ccccc2F)n1)N1C[C@H]2COCC[C@@]2(C(=O)O)C1. The van der Waals surface area contributed by atoms with Gasteiger partial charge in [0, 0.05) is 31.8 Å². The van der Waals surface area contributed by atoms with Crippen molar-refractivity contribution in [3.05, 3.63) is 48.0 Å². The lowest BCUT2D eigenvalue weighted by Gasteiger charge is -2.33. The van der Waals surface area contributed by atoms with Crippen LogP contribution in [0.25, 0.3) is 5.69 Å². The number of aliphatic carboxylic acids is 1. The molecule has 0 spiro atoms. The minimum absolute atomic E-state index is 0.141. The van der Waals surface area contributed by atoms with Gasteiger partial charge >= 0.3 is 5.97 Å². The second-order valence-electron chi connectivity index (χ2n) is 6.77. The first-order valence-electron chi connectivity index (χ1n) is 8.42. The molecule has 2 fully saturated rings. The third-order valence-corrected chi connectivity index (χ3v) is 5.33. The van der Waals surface area contributed by atoms with E-state index in [1.807, 2.05) is 0 Å². The van der Waals surface area contributed by atoms with E-state index in [0.717, 1.165) is 0 Å². The second kappa shape index (κ2) is 6.21. The molecule has 0 radical (unpaired) electrons. The molecule has 4 rings (SSSR count). The Labute approximate surface area is 149 Å². The van der Waals surface area contributed by atoms with Gasteiger partial charge < -0.3 is 14.7 Å². The van der Waals surface area contributed by atoms with Gasteiger partial charge in [-0.3, -0.25) is 9.59 Å². The standard InChI is InChI=1S/C18H18FN3O4/c19-13-3-1-2-4-15(13)22-7-5-14(20-22)16(23)21-9-12-10-26-8-6-18(12,11-21)17(24)25/h1-5,7,12H,6,8-11H2,(H,24,25)/t12-,18+/m0/s1. The molecule has 2 saturated heterocycles. The Morgan fingerprint density at radius 3 is 2.85 bits per heavy atom. The molecule has 2 aliphatic rings. The molecule has 1 amide bonds. The van der Waals surface area contributed by atoms with E-state index in [1.54, 1.807) is 18.2 Å². The number of nitrogens with zero attached hydrogens (tertiary/aromatic N) is 3. The highest BCUT2D eigenvalue weighted by Crippen LogP contribution is 2.42. The maximum atomic E-state index is 13.9. The predicted octanol–water partition coefficient (Wildman–Crippen LogP) is 1.57. The van der Waals surface area contributed by atoms with Crippen LogP contribution >= 0.6 is 0 Å². The van der Waals surface area contributed by atoms with Gasteiger partial charge in [-0.1, -0.05) is 12.1 Å².